The van der Waals surface area contributed by atoms with Crippen molar-refractivity contribution < 1.29 is 8.76 Å². The molecule has 1 atom stereocenters. The zero-order chi connectivity index (χ0) is 7.72. The summed E-state index contributed by atoms with van der Waals surface area (Å²) in [6.45, 7) is 0. The van der Waals surface area contributed by atoms with Crippen LogP contribution >= 0.6 is 15.9 Å². The monoisotopic (exact) mass is 224 g/mol. The minimum absolute atomic E-state index is 0.294. The maximum atomic E-state index is 10.5. The van der Waals surface area contributed by atoms with E-state index in [9.17, 15) is 4.21 Å². The Kier molecular flexibility index (Phi) is 2.22. The first-order chi connectivity index (χ1) is 4.63. The SMILES string of the molecule is Cn1ncc(S(=O)O)c1Br. The van der Waals surface area contributed by atoms with Crippen LogP contribution in [0.2, 0.25) is 0 Å². The van der Waals surface area contributed by atoms with Gasteiger partial charge in [-0.1, -0.05) is 0 Å². The predicted molar refractivity (Wildman–Crippen MR) is 39.9 cm³/mol. The van der Waals surface area contributed by atoms with Crippen molar-refractivity contribution in [3.63, 3.8) is 0 Å². The molecule has 1 aromatic rings. The molecule has 0 amide bonds. The van der Waals surface area contributed by atoms with E-state index >= 15 is 0 Å². The maximum absolute atomic E-state index is 10.5. The lowest BCUT2D eigenvalue weighted by molar-refractivity contribution is 0.563. The Bertz CT molecular complexity index is 272. The third kappa shape index (κ3) is 1.28. The molecule has 0 fully saturated rings. The average Bonchev–Trinajstić information content (AvgIpc) is 2.14. The normalized spacial score (nSPS) is 13.5. The van der Waals surface area contributed by atoms with E-state index in [0.29, 0.717) is 9.50 Å². The summed E-state index contributed by atoms with van der Waals surface area (Å²) in [7, 11) is 1.68. The summed E-state index contributed by atoms with van der Waals surface area (Å²) in [5, 5.41) is 3.75. The molecule has 56 valence electrons. The summed E-state index contributed by atoms with van der Waals surface area (Å²) in [6, 6.07) is 0. The largest absolute Gasteiger partial charge is 0.302 e. The minimum Gasteiger partial charge on any atom is -0.302 e. The van der Waals surface area contributed by atoms with E-state index < -0.39 is 11.1 Å². The third-order valence-electron chi connectivity index (χ3n) is 1.02. The summed E-state index contributed by atoms with van der Waals surface area (Å²) < 4.78 is 21.1. The van der Waals surface area contributed by atoms with Crippen molar-refractivity contribution in [2.24, 2.45) is 7.05 Å². The van der Waals surface area contributed by atoms with E-state index in [4.69, 9.17) is 4.55 Å². The molecule has 0 aliphatic heterocycles. The predicted octanol–water partition coefficient (Wildman–Crippen LogP) is 0.763. The van der Waals surface area contributed by atoms with Crippen molar-refractivity contribution in [3.05, 3.63) is 10.8 Å². The molecule has 0 aliphatic carbocycles. The molecule has 0 saturated heterocycles. The topological polar surface area (TPSA) is 55.1 Å². The number of hydrogen-bond acceptors (Lipinski definition) is 2. The van der Waals surface area contributed by atoms with Gasteiger partial charge in [0.1, 0.15) is 9.50 Å². The summed E-state index contributed by atoms with van der Waals surface area (Å²) in [5.41, 5.74) is 0. The third-order valence-corrected chi connectivity index (χ3v) is 2.90. The molecule has 1 N–H and O–H groups in total. The summed E-state index contributed by atoms with van der Waals surface area (Å²) in [4.78, 5) is 0.294. The van der Waals surface area contributed by atoms with Gasteiger partial charge in [0, 0.05) is 7.05 Å². The number of nitrogens with zero attached hydrogens (tertiary/aromatic N) is 2. The maximum Gasteiger partial charge on any atom is 0.190 e. The van der Waals surface area contributed by atoms with Gasteiger partial charge in [-0.2, -0.15) is 5.10 Å². The highest BCUT2D eigenvalue weighted by Crippen LogP contribution is 2.17. The lowest BCUT2D eigenvalue weighted by Gasteiger charge is -1.90. The van der Waals surface area contributed by atoms with Crippen LogP contribution in [0.15, 0.2) is 15.7 Å². The Morgan fingerprint density at radius 3 is 2.70 bits per heavy atom. The first-order valence-corrected chi connectivity index (χ1v) is 4.31. The van der Waals surface area contributed by atoms with Crippen LogP contribution < -0.4 is 0 Å². The van der Waals surface area contributed by atoms with Crippen LogP contribution in [0.3, 0.4) is 0 Å². The van der Waals surface area contributed by atoms with Crippen molar-refractivity contribution >= 4 is 27.0 Å². The number of rotatable bonds is 1. The number of aryl methyl sites for hydroxylation is 1. The Labute approximate surface area is 68.6 Å². The smallest absolute Gasteiger partial charge is 0.190 e. The molecule has 1 unspecified atom stereocenters. The van der Waals surface area contributed by atoms with Crippen LogP contribution in [0.4, 0.5) is 0 Å². The van der Waals surface area contributed by atoms with Crippen molar-refractivity contribution in [2.45, 2.75) is 4.90 Å². The lowest BCUT2D eigenvalue weighted by atomic mass is 10.7. The molecule has 0 saturated carbocycles. The number of halogens is 1. The highest BCUT2D eigenvalue weighted by atomic mass is 79.9. The van der Waals surface area contributed by atoms with Gasteiger partial charge in [0.2, 0.25) is 0 Å². The fourth-order valence-electron chi connectivity index (χ4n) is 0.520. The molecule has 0 aliphatic rings. The van der Waals surface area contributed by atoms with Gasteiger partial charge in [-0.05, 0) is 15.9 Å². The van der Waals surface area contributed by atoms with Crippen LogP contribution in [0, 0.1) is 0 Å². The van der Waals surface area contributed by atoms with Crippen molar-refractivity contribution in [1.82, 2.24) is 9.78 Å². The second-order valence-corrected chi connectivity index (χ2v) is 3.36. The van der Waals surface area contributed by atoms with Crippen molar-refractivity contribution in [3.8, 4) is 0 Å². The molecule has 1 rings (SSSR count). The van der Waals surface area contributed by atoms with Crippen LogP contribution in [-0.4, -0.2) is 18.5 Å². The van der Waals surface area contributed by atoms with Gasteiger partial charge in [0.05, 0.1) is 6.20 Å². The van der Waals surface area contributed by atoms with Gasteiger partial charge in [-0.25, -0.2) is 4.21 Å². The molecule has 0 radical (unpaired) electrons. The Hall–Kier alpha value is -0.200. The first kappa shape index (κ1) is 7.90. The van der Waals surface area contributed by atoms with Gasteiger partial charge in [-0.3, -0.25) is 4.68 Å². The molecule has 6 heteroatoms. The molecule has 1 heterocycles. The van der Waals surface area contributed by atoms with Crippen molar-refractivity contribution in [2.75, 3.05) is 0 Å². The molecule has 0 spiro atoms. The Balaban J connectivity index is 3.17. The van der Waals surface area contributed by atoms with E-state index in [1.165, 1.54) is 10.9 Å². The number of hydrogen-bond donors (Lipinski definition) is 1. The zero-order valence-electron chi connectivity index (χ0n) is 5.11. The summed E-state index contributed by atoms with van der Waals surface area (Å²) in [5.74, 6) is 0. The number of aromatic nitrogens is 2. The summed E-state index contributed by atoms with van der Waals surface area (Å²) >= 11 is 1.15. The van der Waals surface area contributed by atoms with E-state index in [2.05, 4.69) is 21.0 Å². The molecule has 0 bridgehead atoms. The standard InChI is InChI=1S/C4H5BrN2O2S/c1-7-4(5)3(2-6-7)10(8)9/h2H,1H3,(H,8,9). The van der Waals surface area contributed by atoms with Crippen molar-refractivity contribution in [1.29, 1.82) is 0 Å². The molecule has 1 aromatic heterocycles. The molecule has 0 aromatic carbocycles. The Morgan fingerprint density at radius 1 is 1.90 bits per heavy atom. The van der Waals surface area contributed by atoms with Gasteiger partial charge in [-0.15, -0.1) is 0 Å². The van der Waals surface area contributed by atoms with E-state index in [1.54, 1.807) is 7.05 Å². The quantitative estimate of drug-likeness (QED) is 0.718. The highest BCUT2D eigenvalue weighted by molar-refractivity contribution is 9.10. The van der Waals surface area contributed by atoms with Gasteiger partial charge in [0.25, 0.3) is 0 Å². The highest BCUT2D eigenvalue weighted by Gasteiger charge is 2.09. The first-order valence-electron chi connectivity index (χ1n) is 2.41. The second-order valence-electron chi connectivity index (χ2n) is 1.67. The van der Waals surface area contributed by atoms with Crippen LogP contribution in [0.1, 0.15) is 0 Å². The fourth-order valence-corrected chi connectivity index (χ4v) is 1.54. The van der Waals surface area contributed by atoms with E-state index in [-0.39, 0.29) is 0 Å². The fraction of sp³-hybridized carbons (Fsp3) is 0.250. The average molecular weight is 225 g/mol. The lowest BCUT2D eigenvalue weighted by Crippen LogP contribution is -1.91. The van der Waals surface area contributed by atoms with Gasteiger partial charge < -0.3 is 4.55 Å². The minimum atomic E-state index is -1.95. The molecule has 4 nitrogen and oxygen atoms in total. The van der Waals surface area contributed by atoms with E-state index in [1.807, 2.05) is 0 Å². The zero-order valence-corrected chi connectivity index (χ0v) is 7.52. The van der Waals surface area contributed by atoms with Gasteiger partial charge in [0.15, 0.2) is 11.1 Å². The van der Waals surface area contributed by atoms with Crippen LogP contribution in [0.25, 0.3) is 0 Å². The van der Waals surface area contributed by atoms with Crippen LogP contribution in [0.5, 0.6) is 0 Å². The molecule has 10 heavy (non-hydrogen) atoms. The molecular formula is C4H5BrN2O2S. The van der Waals surface area contributed by atoms with Crippen LogP contribution in [-0.2, 0) is 18.1 Å². The van der Waals surface area contributed by atoms with Gasteiger partial charge >= 0.3 is 0 Å². The molecular weight excluding hydrogens is 220 g/mol. The summed E-state index contributed by atoms with van der Waals surface area (Å²) in [6.07, 6.45) is 1.35. The van der Waals surface area contributed by atoms with E-state index in [0.717, 1.165) is 0 Å². The Morgan fingerprint density at radius 2 is 2.50 bits per heavy atom. The second kappa shape index (κ2) is 2.81.